The zero-order chi connectivity index (χ0) is 21.3. The van der Waals surface area contributed by atoms with Crippen molar-refractivity contribution in [1.82, 2.24) is 4.57 Å². The Bertz CT molecular complexity index is 1300. The Morgan fingerprint density at radius 2 is 1.90 bits per heavy atom. The third kappa shape index (κ3) is 3.16. The minimum Gasteiger partial charge on any atom is -0.307 e. The van der Waals surface area contributed by atoms with Gasteiger partial charge in [0.2, 0.25) is 0 Å². The van der Waals surface area contributed by atoms with Crippen LogP contribution < -0.4 is 0 Å². The number of rotatable bonds is 4. The fourth-order valence-corrected chi connectivity index (χ4v) is 3.82. The van der Waals surface area contributed by atoms with Gasteiger partial charge in [0.1, 0.15) is 0 Å². The molecule has 0 spiro atoms. The van der Waals surface area contributed by atoms with Crippen LogP contribution in [0.5, 0.6) is 0 Å². The van der Waals surface area contributed by atoms with E-state index >= 15 is 4.39 Å². The molecule has 0 atom stereocenters. The lowest BCUT2D eigenvalue weighted by Gasteiger charge is -2.13. The summed E-state index contributed by atoms with van der Waals surface area (Å²) in [5.74, 6) is -0.282. The molecule has 1 N–H and O–H groups in total. The van der Waals surface area contributed by atoms with Crippen LogP contribution in [0, 0.1) is 18.2 Å². The van der Waals surface area contributed by atoms with E-state index in [4.69, 9.17) is 5.41 Å². The van der Waals surface area contributed by atoms with Crippen molar-refractivity contribution in [3.8, 4) is 5.69 Å². The van der Waals surface area contributed by atoms with Gasteiger partial charge in [-0.15, -0.1) is 0 Å². The summed E-state index contributed by atoms with van der Waals surface area (Å²) in [6, 6.07) is 13.6. The normalized spacial score (nSPS) is 15.4. The van der Waals surface area contributed by atoms with E-state index in [1.165, 1.54) is 0 Å². The highest BCUT2D eigenvalue weighted by atomic mass is 19.1. The monoisotopic (exact) mass is 395 g/mol. The van der Waals surface area contributed by atoms with Gasteiger partial charge in [-0.2, -0.15) is 0 Å². The molecule has 0 bridgehead atoms. The standard InChI is InChI=1S/C26H22FN3/c1-4-9-24-25(27)20-16-18(26(29-3)19-11-6-7-12-21(19)28)14-15-23(20)30(24)22-13-8-5-10-17(22)2/h4-16,28H,3H2,1-2H3/b9-4-,26-19-,28-21?. The molecule has 0 fully saturated rings. The SMILES string of the molecule is C=N/C(=C1/C=CC=CC1=N)c1ccc2c(c1)c(F)c(/C=C\C)n2-c1ccccc1C. The Kier molecular flexibility index (Phi) is 5.15. The molecule has 2 aromatic carbocycles. The van der Waals surface area contributed by atoms with E-state index in [2.05, 4.69) is 11.7 Å². The van der Waals surface area contributed by atoms with Crippen LogP contribution in [0.1, 0.15) is 23.7 Å². The molecule has 1 heterocycles. The summed E-state index contributed by atoms with van der Waals surface area (Å²) in [6.07, 6.45) is 10.8. The van der Waals surface area contributed by atoms with Gasteiger partial charge in [-0.05, 0) is 56.5 Å². The number of halogens is 1. The van der Waals surface area contributed by atoms with Crippen LogP contribution in [0.2, 0.25) is 0 Å². The lowest BCUT2D eigenvalue weighted by atomic mass is 9.98. The number of fused-ring (bicyclic) bond motifs is 1. The number of para-hydroxylation sites is 1. The van der Waals surface area contributed by atoms with E-state index in [1.54, 1.807) is 24.3 Å². The van der Waals surface area contributed by atoms with Gasteiger partial charge in [0, 0.05) is 22.2 Å². The molecule has 148 valence electrons. The molecule has 0 unspecified atom stereocenters. The summed E-state index contributed by atoms with van der Waals surface area (Å²) in [4.78, 5) is 4.17. The minimum atomic E-state index is -0.282. The molecule has 0 aliphatic heterocycles. The maximum absolute atomic E-state index is 15.6. The van der Waals surface area contributed by atoms with E-state index in [-0.39, 0.29) is 5.82 Å². The summed E-state index contributed by atoms with van der Waals surface area (Å²) in [5.41, 5.74) is 5.60. The molecule has 0 amide bonds. The number of hydrogen-bond donors (Lipinski definition) is 1. The summed E-state index contributed by atoms with van der Waals surface area (Å²) in [6.45, 7) is 7.59. The Morgan fingerprint density at radius 3 is 2.60 bits per heavy atom. The number of aryl methyl sites for hydroxylation is 1. The summed E-state index contributed by atoms with van der Waals surface area (Å²) in [5, 5.41) is 8.70. The summed E-state index contributed by atoms with van der Waals surface area (Å²) < 4.78 is 17.5. The first-order chi connectivity index (χ1) is 14.6. The number of hydrogen-bond acceptors (Lipinski definition) is 2. The zero-order valence-electron chi connectivity index (χ0n) is 17.0. The summed E-state index contributed by atoms with van der Waals surface area (Å²) >= 11 is 0. The van der Waals surface area contributed by atoms with Crippen LogP contribution in [0.15, 0.2) is 83.4 Å². The van der Waals surface area contributed by atoms with E-state index in [0.29, 0.717) is 28.1 Å². The Morgan fingerprint density at radius 1 is 1.13 bits per heavy atom. The van der Waals surface area contributed by atoms with Crippen LogP contribution in [-0.4, -0.2) is 17.0 Å². The molecular formula is C26H22FN3. The van der Waals surface area contributed by atoms with Gasteiger partial charge in [-0.3, -0.25) is 4.99 Å². The van der Waals surface area contributed by atoms with E-state index < -0.39 is 0 Å². The Balaban J connectivity index is 2.01. The second-order valence-corrected chi connectivity index (χ2v) is 7.11. The molecule has 4 rings (SSSR count). The quantitative estimate of drug-likeness (QED) is 0.480. The molecule has 0 saturated heterocycles. The molecule has 0 saturated carbocycles. The van der Waals surface area contributed by atoms with Gasteiger partial charge in [0.05, 0.1) is 22.6 Å². The van der Waals surface area contributed by atoms with Crippen LogP contribution in [0.25, 0.3) is 28.4 Å². The number of nitrogens with one attached hydrogen (secondary N) is 1. The highest BCUT2D eigenvalue weighted by molar-refractivity contribution is 6.14. The van der Waals surface area contributed by atoms with Gasteiger partial charge in [-0.1, -0.05) is 48.6 Å². The predicted molar refractivity (Wildman–Crippen MR) is 125 cm³/mol. The van der Waals surface area contributed by atoms with Crippen molar-refractivity contribution >= 4 is 35.1 Å². The number of nitrogens with zero attached hydrogens (tertiary/aromatic N) is 2. The maximum Gasteiger partial charge on any atom is 0.156 e. The van der Waals surface area contributed by atoms with E-state index in [1.807, 2.05) is 73.0 Å². The molecule has 4 heteroatoms. The van der Waals surface area contributed by atoms with Crippen molar-refractivity contribution in [3.05, 3.63) is 101 Å². The van der Waals surface area contributed by atoms with Gasteiger partial charge in [0.25, 0.3) is 0 Å². The fraction of sp³-hybridized carbons (Fsp3) is 0.0769. The lowest BCUT2D eigenvalue weighted by molar-refractivity contribution is 0.633. The minimum absolute atomic E-state index is 0.282. The van der Waals surface area contributed by atoms with E-state index in [9.17, 15) is 0 Å². The van der Waals surface area contributed by atoms with Crippen molar-refractivity contribution in [2.75, 3.05) is 0 Å². The average molecular weight is 395 g/mol. The molecule has 0 radical (unpaired) electrons. The smallest absolute Gasteiger partial charge is 0.156 e. The van der Waals surface area contributed by atoms with Gasteiger partial charge >= 0.3 is 0 Å². The zero-order valence-corrected chi connectivity index (χ0v) is 17.0. The van der Waals surface area contributed by atoms with Gasteiger partial charge in [-0.25, -0.2) is 4.39 Å². The Labute approximate surface area is 175 Å². The average Bonchev–Trinajstić information content (AvgIpc) is 3.02. The molecular weight excluding hydrogens is 373 g/mol. The number of allylic oxidation sites excluding steroid dienone is 6. The molecule has 30 heavy (non-hydrogen) atoms. The highest BCUT2D eigenvalue weighted by Crippen LogP contribution is 2.34. The third-order valence-corrected chi connectivity index (χ3v) is 5.23. The second kappa shape index (κ2) is 7.91. The number of aromatic nitrogens is 1. The molecule has 3 nitrogen and oxygen atoms in total. The number of aliphatic imine (C=N–C) groups is 1. The molecule has 1 aromatic heterocycles. The first kappa shape index (κ1) is 19.5. The predicted octanol–water partition coefficient (Wildman–Crippen LogP) is 6.67. The first-order valence-corrected chi connectivity index (χ1v) is 9.74. The van der Waals surface area contributed by atoms with Crippen molar-refractivity contribution in [3.63, 3.8) is 0 Å². The largest absolute Gasteiger partial charge is 0.307 e. The molecule has 1 aliphatic carbocycles. The molecule has 1 aliphatic rings. The van der Waals surface area contributed by atoms with Crippen LogP contribution >= 0.6 is 0 Å². The maximum atomic E-state index is 15.6. The molecule has 3 aromatic rings. The fourth-order valence-electron chi connectivity index (χ4n) is 3.82. The third-order valence-electron chi connectivity index (χ3n) is 5.23. The van der Waals surface area contributed by atoms with Crippen LogP contribution in [0.3, 0.4) is 0 Å². The summed E-state index contributed by atoms with van der Waals surface area (Å²) in [7, 11) is 0. The van der Waals surface area contributed by atoms with Crippen LogP contribution in [0.4, 0.5) is 4.39 Å². The van der Waals surface area contributed by atoms with E-state index in [0.717, 1.165) is 22.3 Å². The van der Waals surface area contributed by atoms with Crippen molar-refractivity contribution < 1.29 is 4.39 Å². The Hall–Kier alpha value is -3.79. The highest BCUT2D eigenvalue weighted by Gasteiger charge is 2.19. The van der Waals surface area contributed by atoms with Crippen molar-refractivity contribution in [2.45, 2.75) is 13.8 Å². The van der Waals surface area contributed by atoms with Gasteiger partial charge < -0.3 is 9.98 Å². The van der Waals surface area contributed by atoms with Gasteiger partial charge in [0.15, 0.2) is 5.82 Å². The lowest BCUT2D eigenvalue weighted by Crippen LogP contribution is -2.01. The van der Waals surface area contributed by atoms with Crippen molar-refractivity contribution in [2.24, 2.45) is 4.99 Å². The van der Waals surface area contributed by atoms with Crippen LogP contribution in [-0.2, 0) is 0 Å². The first-order valence-electron chi connectivity index (χ1n) is 9.74. The topological polar surface area (TPSA) is 41.1 Å². The van der Waals surface area contributed by atoms with Crippen molar-refractivity contribution in [1.29, 1.82) is 5.41 Å². The number of benzene rings is 2. The second-order valence-electron chi connectivity index (χ2n) is 7.11.